The second-order valence-electron chi connectivity index (χ2n) is 5.67. The molecule has 124 valence electrons. The van der Waals surface area contributed by atoms with E-state index in [0.717, 1.165) is 5.69 Å². The molecule has 3 rings (SSSR count). The summed E-state index contributed by atoms with van der Waals surface area (Å²) in [6.45, 7) is 2.64. The highest BCUT2D eigenvalue weighted by atomic mass is 35.5. The van der Waals surface area contributed by atoms with Gasteiger partial charge in [-0.2, -0.15) is 0 Å². The molecule has 2 amide bonds. The van der Waals surface area contributed by atoms with Gasteiger partial charge in [-0.1, -0.05) is 29.3 Å². The van der Waals surface area contributed by atoms with E-state index < -0.39 is 0 Å². The quantitative estimate of drug-likeness (QED) is 0.841. The third-order valence-corrected chi connectivity index (χ3v) is 5.02. The normalized spacial score (nSPS) is 22.0. The van der Waals surface area contributed by atoms with Crippen LogP contribution in [0.3, 0.4) is 0 Å². The van der Waals surface area contributed by atoms with Crippen LogP contribution < -0.4 is 15.8 Å². The van der Waals surface area contributed by atoms with Crippen LogP contribution in [-0.4, -0.2) is 48.9 Å². The van der Waals surface area contributed by atoms with E-state index in [2.05, 4.69) is 15.8 Å². The number of halogens is 2. The predicted octanol–water partition coefficient (Wildman–Crippen LogP) is 1.43. The first kappa shape index (κ1) is 16.4. The summed E-state index contributed by atoms with van der Waals surface area (Å²) in [4.78, 5) is 27.6. The Balaban J connectivity index is 1.59. The molecule has 23 heavy (non-hydrogen) atoms. The Labute approximate surface area is 144 Å². The third-order valence-electron chi connectivity index (χ3n) is 4.21. The number of nitrogens with one attached hydrogen (secondary N) is 2. The van der Waals surface area contributed by atoms with Crippen LogP contribution >= 0.6 is 23.2 Å². The Morgan fingerprint density at radius 3 is 2.57 bits per heavy atom. The SMILES string of the molecule is O=C1CCC(C(=O)N2CCN(c3cccc(Cl)c3Cl)CC2)NN1. The number of carbonyl (C=O) groups excluding carboxylic acids is 2. The van der Waals surface area contributed by atoms with Crippen molar-refractivity contribution in [2.24, 2.45) is 0 Å². The third kappa shape index (κ3) is 3.54. The Bertz CT molecular complexity index is 607. The van der Waals surface area contributed by atoms with Crippen LogP contribution in [0.5, 0.6) is 0 Å². The average molecular weight is 357 g/mol. The lowest BCUT2D eigenvalue weighted by Crippen LogP contribution is -2.59. The molecule has 2 heterocycles. The first-order chi connectivity index (χ1) is 11.1. The van der Waals surface area contributed by atoms with Gasteiger partial charge in [-0.15, -0.1) is 0 Å². The summed E-state index contributed by atoms with van der Waals surface area (Å²) in [5.41, 5.74) is 6.20. The summed E-state index contributed by atoms with van der Waals surface area (Å²) >= 11 is 12.3. The highest BCUT2D eigenvalue weighted by Gasteiger charge is 2.30. The molecule has 2 N–H and O–H groups in total. The average Bonchev–Trinajstić information content (AvgIpc) is 2.58. The summed E-state index contributed by atoms with van der Waals surface area (Å²) in [6.07, 6.45) is 0.909. The molecule has 8 heteroatoms. The van der Waals surface area contributed by atoms with Gasteiger partial charge in [0.05, 0.1) is 15.7 Å². The molecular formula is C15H18Cl2N4O2. The fourth-order valence-corrected chi connectivity index (χ4v) is 3.30. The molecule has 1 unspecified atom stereocenters. The van der Waals surface area contributed by atoms with Gasteiger partial charge in [0.2, 0.25) is 11.8 Å². The van der Waals surface area contributed by atoms with Crippen molar-refractivity contribution in [2.45, 2.75) is 18.9 Å². The zero-order valence-corrected chi connectivity index (χ0v) is 14.0. The lowest BCUT2D eigenvalue weighted by Gasteiger charge is -2.38. The van der Waals surface area contributed by atoms with Gasteiger partial charge < -0.3 is 9.80 Å². The van der Waals surface area contributed by atoms with E-state index in [1.807, 2.05) is 17.0 Å². The van der Waals surface area contributed by atoms with E-state index >= 15 is 0 Å². The van der Waals surface area contributed by atoms with Crippen LogP contribution in [0.15, 0.2) is 18.2 Å². The lowest BCUT2D eigenvalue weighted by atomic mass is 10.1. The van der Waals surface area contributed by atoms with Crippen LogP contribution in [0.25, 0.3) is 0 Å². The van der Waals surface area contributed by atoms with Gasteiger partial charge >= 0.3 is 0 Å². The number of hydrogen-bond acceptors (Lipinski definition) is 4. The molecule has 2 fully saturated rings. The number of amides is 2. The van der Waals surface area contributed by atoms with E-state index in [0.29, 0.717) is 49.1 Å². The number of piperazine rings is 1. The molecule has 0 spiro atoms. The van der Waals surface area contributed by atoms with E-state index in [1.54, 1.807) is 6.07 Å². The molecule has 6 nitrogen and oxygen atoms in total. The van der Waals surface area contributed by atoms with Crippen molar-refractivity contribution in [3.63, 3.8) is 0 Å². The molecule has 1 aromatic rings. The maximum Gasteiger partial charge on any atom is 0.241 e. The highest BCUT2D eigenvalue weighted by Crippen LogP contribution is 2.32. The summed E-state index contributed by atoms with van der Waals surface area (Å²) in [7, 11) is 0. The molecule has 2 aliphatic heterocycles. The van der Waals surface area contributed by atoms with Gasteiger partial charge in [0.1, 0.15) is 6.04 Å². The second kappa shape index (κ2) is 6.95. The Kier molecular flexibility index (Phi) is 4.94. The number of nitrogens with zero attached hydrogens (tertiary/aromatic N) is 2. The number of benzene rings is 1. The van der Waals surface area contributed by atoms with Crippen molar-refractivity contribution >= 4 is 40.7 Å². The van der Waals surface area contributed by atoms with Gasteiger partial charge in [0.15, 0.2) is 0 Å². The second-order valence-corrected chi connectivity index (χ2v) is 6.45. The first-order valence-electron chi connectivity index (χ1n) is 7.58. The minimum absolute atomic E-state index is 0.0295. The topological polar surface area (TPSA) is 64.7 Å². The Hall–Kier alpha value is -1.50. The molecule has 1 aromatic carbocycles. The number of hydrogen-bond donors (Lipinski definition) is 2. The van der Waals surface area contributed by atoms with Crippen molar-refractivity contribution in [2.75, 3.05) is 31.1 Å². The molecule has 0 radical (unpaired) electrons. The van der Waals surface area contributed by atoms with E-state index in [-0.39, 0.29) is 17.9 Å². The predicted molar refractivity (Wildman–Crippen MR) is 89.6 cm³/mol. The zero-order chi connectivity index (χ0) is 16.4. The summed E-state index contributed by atoms with van der Waals surface area (Å²) in [6, 6.07) is 5.23. The Morgan fingerprint density at radius 1 is 1.17 bits per heavy atom. The van der Waals surface area contributed by atoms with E-state index in [4.69, 9.17) is 23.2 Å². The maximum atomic E-state index is 12.5. The summed E-state index contributed by atoms with van der Waals surface area (Å²) in [5.74, 6) is -0.0451. The lowest BCUT2D eigenvalue weighted by molar-refractivity contribution is -0.136. The summed E-state index contributed by atoms with van der Waals surface area (Å²) in [5, 5.41) is 1.08. The first-order valence-corrected chi connectivity index (χ1v) is 8.34. The van der Waals surface area contributed by atoms with Crippen LogP contribution in [0.1, 0.15) is 12.8 Å². The van der Waals surface area contributed by atoms with E-state index in [1.165, 1.54) is 0 Å². The van der Waals surface area contributed by atoms with Crippen molar-refractivity contribution in [3.05, 3.63) is 28.2 Å². The van der Waals surface area contributed by atoms with Crippen molar-refractivity contribution in [1.29, 1.82) is 0 Å². The molecule has 1 atom stereocenters. The molecule has 0 bridgehead atoms. The van der Waals surface area contributed by atoms with Crippen molar-refractivity contribution in [3.8, 4) is 0 Å². The molecule has 2 saturated heterocycles. The molecular weight excluding hydrogens is 339 g/mol. The molecule has 0 saturated carbocycles. The van der Waals surface area contributed by atoms with Gasteiger partial charge in [0.25, 0.3) is 0 Å². The van der Waals surface area contributed by atoms with Gasteiger partial charge in [-0.25, -0.2) is 5.43 Å². The molecule has 0 aliphatic carbocycles. The highest BCUT2D eigenvalue weighted by molar-refractivity contribution is 6.43. The van der Waals surface area contributed by atoms with Crippen molar-refractivity contribution in [1.82, 2.24) is 15.8 Å². The molecule has 0 aromatic heterocycles. The minimum Gasteiger partial charge on any atom is -0.367 e. The fraction of sp³-hybridized carbons (Fsp3) is 0.467. The van der Waals surface area contributed by atoms with Crippen LogP contribution in [0.4, 0.5) is 5.69 Å². The minimum atomic E-state index is -0.339. The standard InChI is InChI=1S/C15H18Cl2N4O2/c16-10-2-1-3-12(14(10)17)20-6-8-21(9-7-20)15(23)11-4-5-13(22)19-18-11/h1-3,11,18H,4-9H2,(H,19,22). The largest absolute Gasteiger partial charge is 0.367 e. The maximum absolute atomic E-state index is 12.5. The fourth-order valence-electron chi connectivity index (χ4n) is 2.89. The molecule has 2 aliphatic rings. The van der Waals surface area contributed by atoms with E-state index in [9.17, 15) is 9.59 Å². The number of anilines is 1. The van der Waals surface area contributed by atoms with Crippen LogP contribution in [-0.2, 0) is 9.59 Å². The number of carbonyl (C=O) groups is 2. The number of hydrazine groups is 1. The van der Waals surface area contributed by atoms with Gasteiger partial charge in [-0.05, 0) is 18.6 Å². The van der Waals surface area contributed by atoms with Gasteiger partial charge in [0, 0.05) is 32.6 Å². The Morgan fingerprint density at radius 2 is 1.91 bits per heavy atom. The zero-order valence-electron chi connectivity index (χ0n) is 12.5. The van der Waals surface area contributed by atoms with Crippen molar-refractivity contribution < 1.29 is 9.59 Å². The van der Waals surface area contributed by atoms with Gasteiger partial charge in [-0.3, -0.25) is 15.0 Å². The summed E-state index contributed by atoms with van der Waals surface area (Å²) < 4.78 is 0. The smallest absolute Gasteiger partial charge is 0.241 e. The van der Waals surface area contributed by atoms with Crippen LogP contribution in [0.2, 0.25) is 10.0 Å². The van der Waals surface area contributed by atoms with Crippen LogP contribution in [0, 0.1) is 0 Å². The monoisotopic (exact) mass is 356 g/mol. The number of rotatable bonds is 2.